The molecule has 0 radical (unpaired) electrons. The first-order chi connectivity index (χ1) is 11.2. The highest BCUT2D eigenvalue weighted by atomic mass is 35.5. The minimum absolute atomic E-state index is 0.705. The summed E-state index contributed by atoms with van der Waals surface area (Å²) in [5, 5.41) is 5.28. The summed E-state index contributed by atoms with van der Waals surface area (Å²) in [5.74, 6) is 0.859. The third kappa shape index (κ3) is 4.54. The third-order valence-corrected chi connectivity index (χ3v) is 5.58. The number of benzene rings is 2. The van der Waals surface area contributed by atoms with Crippen molar-refractivity contribution in [2.24, 2.45) is 0 Å². The lowest BCUT2D eigenvalue weighted by Gasteiger charge is -1.99. The molecule has 3 rings (SSSR count). The van der Waals surface area contributed by atoms with Crippen LogP contribution in [-0.4, -0.2) is 15.5 Å². The molecule has 0 spiro atoms. The van der Waals surface area contributed by atoms with E-state index in [1.165, 1.54) is 16.9 Å². The third-order valence-electron chi connectivity index (χ3n) is 3.01. The predicted molar refractivity (Wildman–Crippen MR) is 103 cm³/mol. The number of thioether (sulfide) groups is 1. The molecule has 0 fully saturated rings. The Hall–Kier alpha value is -1.40. The summed E-state index contributed by atoms with van der Waals surface area (Å²) in [6.07, 6.45) is 4.25. The molecule has 3 aromatic rings. The van der Waals surface area contributed by atoms with Crippen LogP contribution in [0.1, 0.15) is 5.56 Å². The highest BCUT2D eigenvalue weighted by Gasteiger charge is 2.05. The molecule has 116 valence electrons. The molecule has 2 nitrogen and oxygen atoms in total. The quantitative estimate of drug-likeness (QED) is 0.394. The van der Waals surface area contributed by atoms with Gasteiger partial charge in [0.05, 0.1) is 5.69 Å². The molecule has 2 aromatic carbocycles. The van der Waals surface area contributed by atoms with Crippen molar-refractivity contribution in [1.82, 2.24) is 9.78 Å². The molecular weight excluding hydrogens is 364 g/mol. The zero-order valence-electron chi connectivity index (χ0n) is 12.1. The van der Waals surface area contributed by atoms with Crippen LogP contribution in [0.3, 0.4) is 0 Å². The number of halogens is 1. The number of aromatic nitrogens is 2. The van der Waals surface area contributed by atoms with Crippen LogP contribution in [0, 0.1) is 3.95 Å². The van der Waals surface area contributed by atoms with Crippen LogP contribution < -0.4 is 0 Å². The lowest BCUT2D eigenvalue weighted by molar-refractivity contribution is 0.830. The Kier molecular flexibility index (Phi) is 5.67. The summed E-state index contributed by atoms with van der Waals surface area (Å²) in [6.45, 7) is 0. The standard InChI is InChI=1S/C17H13ClN2S3/c18-14-8-10-15(11-9-14)20-17(21)23-16(19-20)22-12-4-7-13-5-2-1-3-6-13/h1-11H,12H2/b7-4+. The zero-order valence-corrected chi connectivity index (χ0v) is 15.3. The average Bonchev–Trinajstić information content (AvgIpc) is 2.94. The van der Waals surface area contributed by atoms with Gasteiger partial charge in [-0.05, 0) is 42.0 Å². The van der Waals surface area contributed by atoms with Gasteiger partial charge >= 0.3 is 0 Å². The number of rotatable bonds is 5. The van der Waals surface area contributed by atoms with Crippen molar-refractivity contribution in [3.63, 3.8) is 0 Å². The molecule has 1 aromatic heterocycles. The van der Waals surface area contributed by atoms with E-state index in [4.69, 9.17) is 23.8 Å². The van der Waals surface area contributed by atoms with Crippen LogP contribution in [0.2, 0.25) is 5.02 Å². The average molecular weight is 377 g/mol. The Morgan fingerprint density at radius 1 is 1.13 bits per heavy atom. The van der Waals surface area contributed by atoms with Gasteiger partial charge in [0.25, 0.3) is 0 Å². The van der Waals surface area contributed by atoms with Gasteiger partial charge in [0.15, 0.2) is 8.29 Å². The molecule has 0 unspecified atom stereocenters. The van der Waals surface area contributed by atoms with Gasteiger partial charge in [-0.25, -0.2) is 4.68 Å². The van der Waals surface area contributed by atoms with Gasteiger partial charge in [-0.1, -0.05) is 77.2 Å². The Morgan fingerprint density at radius 2 is 1.87 bits per heavy atom. The summed E-state index contributed by atoms with van der Waals surface area (Å²) in [5.41, 5.74) is 2.13. The normalized spacial score (nSPS) is 11.2. The Labute approximate surface area is 153 Å². The summed E-state index contributed by atoms with van der Waals surface area (Å²) in [6, 6.07) is 17.8. The first-order valence-electron chi connectivity index (χ1n) is 6.93. The van der Waals surface area contributed by atoms with Gasteiger partial charge in [-0.2, -0.15) is 0 Å². The zero-order chi connectivity index (χ0) is 16.1. The van der Waals surface area contributed by atoms with E-state index in [1.807, 2.05) is 42.5 Å². The van der Waals surface area contributed by atoms with E-state index in [9.17, 15) is 0 Å². The monoisotopic (exact) mass is 376 g/mol. The summed E-state index contributed by atoms with van der Waals surface area (Å²) >= 11 is 14.5. The lowest BCUT2D eigenvalue weighted by atomic mass is 10.2. The molecule has 6 heteroatoms. The molecule has 0 bridgehead atoms. The second-order valence-electron chi connectivity index (χ2n) is 4.65. The molecule has 0 saturated heterocycles. The van der Waals surface area contributed by atoms with Crippen LogP contribution in [0.4, 0.5) is 0 Å². The molecular formula is C17H13ClN2S3. The first kappa shape index (κ1) is 16.5. The minimum atomic E-state index is 0.705. The van der Waals surface area contributed by atoms with Gasteiger partial charge < -0.3 is 0 Å². The van der Waals surface area contributed by atoms with E-state index in [-0.39, 0.29) is 0 Å². The van der Waals surface area contributed by atoms with Crippen LogP contribution in [0.15, 0.2) is 65.0 Å². The maximum Gasteiger partial charge on any atom is 0.184 e. The van der Waals surface area contributed by atoms with Gasteiger partial charge in [0.1, 0.15) is 0 Å². The predicted octanol–water partition coefficient (Wildman–Crippen LogP) is 6.12. The van der Waals surface area contributed by atoms with Gasteiger partial charge in [0.2, 0.25) is 0 Å². The van der Waals surface area contributed by atoms with E-state index in [1.54, 1.807) is 16.4 Å². The number of nitrogens with zero attached hydrogens (tertiary/aromatic N) is 2. The van der Waals surface area contributed by atoms with Crippen LogP contribution in [0.25, 0.3) is 11.8 Å². The van der Waals surface area contributed by atoms with E-state index in [0.717, 1.165) is 19.7 Å². The van der Waals surface area contributed by atoms with Crippen LogP contribution in [0.5, 0.6) is 0 Å². The molecule has 0 N–H and O–H groups in total. The minimum Gasteiger partial charge on any atom is -0.211 e. The number of hydrogen-bond acceptors (Lipinski definition) is 4. The summed E-state index contributed by atoms with van der Waals surface area (Å²) in [7, 11) is 0. The fraction of sp³-hybridized carbons (Fsp3) is 0.0588. The van der Waals surface area contributed by atoms with Crippen molar-refractivity contribution in [2.45, 2.75) is 4.34 Å². The Balaban J connectivity index is 1.66. The lowest BCUT2D eigenvalue weighted by Crippen LogP contribution is -1.95. The van der Waals surface area contributed by atoms with Crippen molar-refractivity contribution < 1.29 is 0 Å². The molecule has 23 heavy (non-hydrogen) atoms. The van der Waals surface area contributed by atoms with Crippen LogP contribution >= 0.6 is 46.9 Å². The second kappa shape index (κ2) is 7.93. The van der Waals surface area contributed by atoms with Gasteiger partial charge in [-0.15, -0.1) is 5.10 Å². The Bertz CT molecular complexity index is 852. The van der Waals surface area contributed by atoms with Crippen LogP contribution in [-0.2, 0) is 0 Å². The highest BCUT2D eigenvalue weighted by Crippen LogP contribution is 2.24. The summed E-state index contributed by atoms with van der Waals surface area (Å²) < 4.78 is 3.48. The second-order valence-corrected chi connectivity index (χ2v) is 7.97. The maximum atomic E-state index is 5.91. The van der Waals surface area contributed by atoms with E-state index < -0.39 is 0 Å². The molecule has 0 saturated carbocycles. The maximum absolute atomic E-state index is 5.91. The van der Waals surface area contributed by atoms with Crippen molar-refractivity contribution in [1.29, 1.82) is 0 Å². The van der Waals surface area contributed by atoms with E-state index in [0.29, 0.717) is 5.02 Å². The summed E-state index contributed by atoms with van der Waals surface area (Å²) in [4.78, 5) is 0. The Morgan fingerprint density at radius 3 is 2.61 bits per heavy atom. The topological polar surface area (TPSA) is 17.8 Å². The number of hydrogen-bond donors (Lipinski definition) is 0. The molecule has 0 aliphatic heterocycles. The fourth-order valence-electron chi connectivity index (χ4n) is 1.93. The highest BCUT2D eigenvalue weighted by molar-refractivity contribution is 8.01. The smallest absolute Gasteiger partial charge is 0.184 e. The molecule has 0 atom stereocenters. The van der Waals surface area contributed by atoms with Crippen molar-refractivity contribution in [3.05, 3.63) is 75.2 Å². The van der Waals surface area contributed by atoms with Crippen molar-refractivity contribution >= 4 is 53.0 Å². The largest absolute Gasteiger partial charge is 0.211 e. The molecule has 1 heterocycles. The van der Waals surface area contributed by atoms with E-state index in [2.05, 4.69) is 29.4 Å². The SMILES string of the molecule is S=c1sc(SC/C=C/c2ccccc2)nn1-c1ccc(Cl)cc1. The van der Waals surface area contributed by atoms with E-state index >= 15 is 0 Å². The fourth-order valence-corrected chi connectivity index (χ4v) is 4.26. The molecule has 0 amide bonds. The van der Waals surface area contributed by atoms with Crippen molar-refractivity contribution in [2.75, 3.05) is 5.75 Å². The van der Waals surface area contributed by atoms with Gasteiger partial charge in [-0.3, -0.25) is 0 Å². The first-order valence-corrected chi connectivity index (χ1v) is 9.52. The van der Waals surface area contributed by atoms with Gasteiger partial charge in [0, 0.05) is 10.8 Å². The molecule has 0 aliphatic rings. The van der Waals surface area contributed by atoms with Crippen molar-refractivity contribution in [3.8, 4) is 5.69 Å². The molecule has 0 aliphatic carbocycles.